The van der Waals surface area contributed by atoms with E-state index in [-0.39, 0.29) is 23.1 Å². The minimum Gasteiger partial charge on any atom is -0.366 e. The fourth-order valence-corrected chi connectivity index (χ4v) is 4.78. The van der Waals surface area contributed by atoms with Crippen molar-refractivity contribution in [2.45, 2.75) is 32.0 Å². The number of benzene rings is 2. The minimum absolute atomic E-state index is 0.0184. The number of aromatic nitrogens is 1. The lowest BCUT2D eigenvalue weighted by molar-refractivity contribution is 0.0588. The number of halogens is 1. The summed E-state index contributed by atoms with van der Waals surface area (Å²) in [6.45, 7) is 2.97. The number of hydrogen-bond acceptors (Lipinski definition) is 3. The Morgan fingerprint density at radius 3 is 2.73 bits per heavy atom. The smallest absolute Gasteiger partial charge is 0.255 e. The third-order valence-electron chi connectivity index (χ3n) is 6.29. The zero-order valence-corrected chi connectivity index (χ0v) is 16.5. The molecule has 2 amide bonds. The molecule has 3 aromatic rings. The van der Waals surface area contributed by atoms with Crippen molar-refractivity contribution in [3.63, 3.8) is 0 Å². The summed E-state index contributed by atoms with van der Waals surface area (Å²) in [7, 11) is 0. The van der Waals surface area contributed by atoms with Crippen LogP contribution in [-0.2, 0) is 13.1 Å². The Balaban J connectivity index is 1.26. The molecule has 30 heavy (non-hydrogen) atoms. The van der Waals surface area contributed by atoms with Gasteiger partial charge in [-0.05, 0) is 59.7 Å². The lowest BCUT2D eigenvalue weighted by atomic mass is 10.0. The highest BCUT2D eigenvalue weighted by Gasteiger charge is 2.37. The number of nitrogens with zero attached hydrogens (tertiary/aromatic N) is 2. The molecule has 0 atom stereocenters. The molecule has 0 spiro atoms. The minimum atomic E-state index is -0.768. The molecular weight excluding hydrogens is 383 g/mol. The average Bonchev–Trinajstić information content (AvgIpc) is 3.32. The highest BCUT2D eigenvalue weighted by molar-refractivity contribution is 6.09. The highest BCUT2D eigenvalue weighted by atomic mass is 19.1. The first-order valence-corrected chi connectivity index (χ1v) is 10.2. The Hall–Kier alpha value is -3.19. The number of amides is 2. The Kier molecular flexibility index (Phi) is 4.55. The second-order valence-corrected chi connectivity index (χ2v) is 8.19. The number of H-pyrrole nitrogens is 1. The van der Waals surface area contributed by atoms with Crippen molar-refractivity contribution < 1.29 is 14.0 Å². The van der Waals surface area contributed by atoms with E-state index in [0.717, 1.165) is 44.1 Å². The summed E-state index contributed by atoms with van der Waals surface area (Å²) >= 11 is 0. The van der Waals surface area contributed by atoms with Crippen LogP contribution < -0.4 is 5.73 Å². The number of fused-ring (bicyclic) bond motifs is 2. The van der Waals surface area contributed by atoms with Crippen LogP contribution in [0.3, 0.4) is 0 Å². The Bertz CT molecular complexity index is 1150. The Morgan fingerprint density at radius 2 is 1.97 bits per heavy atom. The molecule has 0 bridgehead atoms. The van der Waals surface area contributed by atoms with E-state index in [4.69, 9.17) is 5.73 Å². The van der Waals surface area contributed by atoms with Crippen molar-refractivity contribution in [3.8, 4) is 0 Å². The van der Waals surface area contributed by atoms with Crippen LogP contribution in [0.25, 0.3) is 10.9 Å². The molecule has 1 saturated heterocycles. The summed E-state index contributed by atoms with van der Waals surface area (Å²) in [5, 5.41) is 1.21. The van der Waals surface area contributed by atoms with Gasteiger partial charge < -0.3 is 15.6 Å². The first-order chi connectivity index (χ1) is 14.5. The summed E-state index contributed by atoms with van der Waals surface area (Å²) in [6.07, 6.45) is 3.64. The van der Waals surface area contributed by atoms with Crippen molar-refractivity contribution in [2.75, 3.05) is 13.1 Å². The first-order valence-electron chi connectivity index (χ1n) is 10.2. The molecule has 2 aromatic carbocycles. The maximum absolute atomic E-state index is 13.9. The normalized spacial score (nSPS) is 17.6. The van der Waals surface area contributed by atoms with Crippen LogP contribution in [0, 0.1) is 5.82 Å². The SMILES string of the molecule is NC(=O)c1cc(F)cc2c1C(=O)N(C1CCN(Cc3ccc4[nH]ccc4c3)CC1)C2. The van der Waals surface area contributed by atoms with Gasteiger partial charge in [0.1, 0.15) is 5.82 Å². The lowest BCUT2D eigenvalue weighted by Crippen LogP contribution is -2.44. The molecule has 0 saturated carbocycles. The maximum Gasteiger partial charge on any atom is 0.255 e. The van der Waals surface area contributed by atoms with E-state index in [0.29, 0.717) is 12.1 Å². The first kappa shape index (κ1) is 18.8. The molecule has 3 N–H and O–H groups in total. The van der Waals surface area contributed by atoms with Crippen LogP contribution in [-0.4, -0.2) is 45.7 Å². The van der Waals surface area contributed by atoms with E-state index in [9.17, 15) is 14.0 Å². The molecule has 1 fully saturated rings. The average molecular weight is 406 g/mol. The molecule has 2 aliphatic heterocycles. The molecule has 154 valence electrons. The molecular formula is C23H23FN4O2. The molecule has 1 aromatic heterocycles. The van der Waals surface area contributed by atoms with Crippen LogP contribution in [0.4, 0.5) is 4.39 Å². The highest BCUT2D eigenvalue weighted by Crippen LogP contribution is 2.31. The summed E-state index contributed by atoms with van der Waals surface area (Å²) in [6, 6.07) is 11.0. The molecule has 0 radical (unpaired) electrons. The predicted molar refractivity (Wildman–Crippen MR) is 111 cm³/mol. The van der Waals surface area contributed by atoms with Crippen molar-refractivity contribution in [3.05, 3.63) is 70.7 Å². The van der Waals surface area contributed by atoms with Gasteiger partial charge >= 0.3 is 0 Å². The molecule has 5 rings (SSSR count). The van der Waals surface area contributed by atoms with E-state index < -0.39 is 11.7 Å². The van der Waals surface area contributed by atoms with Crippen LogP contribution >= 0.6 is 0 Å². The van der Waals surface area contributed by atoms with Crippen molar-refractivity contribution in [1.82, 2.24) is 14.8 Å². The number of aromatic amines is 1. The quantitative estimate of drug-likeness (QED) is 0.699. The number of piperidine rings is 1. The van der Waals surface area contributed by atoms with Gasteiger partial charge in [0.05, 0.1) is 11.1 Å². The topological polar surface area (TPSA) is 82.4 Å². The van der Waals surface area contributed by atoms with Crippen LogP contribution in [0.15, 0.2) is 42.6 Å². The Morgan fingerprint density at radius 1 is 1.17 bits per heavy atom. The maximum atomic E-state index is 13.9. The number of nitrogens with one attached hydrogen (secondary N) is 1. The van der Waals surface area contributed by atoms with Gasteiger partial charge in [0.15, 0.2) is 0 Å². The second kappa shape index (κ2) is 7.25. The van der Waals surface area contributed by atoms with Gasteiger partial charge in [-0.15, -0.1) is 0 Å². The summed E-state index contributed by atoms with van der Waals surface area (Å²) in [4.78, 5) is 32.1. The van der Waals surface area contributed by atoms with Crippen molar-refractivity contribution in [1.29, 1.82) is 0 Å². The fourth-order valence-electron chi connectivity index (χ4n) is 4.78. The van der Waals surface area contributed by atoms with Gasteiger partial charge in [-0.1, -0.05) is 6.07 Å². The van der Waals surface area contributed by atoms with Crippen molar-refractivity contribution >= 4 is 22.7 Å². The molecule has 2 aliphatic rings. The number of rotatable bonds is 4. The number of carbonyl (C=O) groups excluding carboxylic acids is 2. The zero-order valence-electron chi connectivity index (χ0n) is 16.5. The molecule has 0 unspecified atom stereocenters. The van der Waals surface area contributed by atoms with Gasteiger partial charge in [0, 0.05) is 43.9 Å². The van der Waals surface area contributed by atoms with Gasteiger partial charge in [-0.25, -0.2) is 4.39 Å². The number of likely N-dealkylation sites (tertiary alicyclic amines) is 1. The third-order valence-corrected chi connectivity index (χ3v) is 6.29. The molecule has 3 heterocycles. The zero-order chi connectivity index (χ0) is 20.8. The van der Waals surface area contributed by atoms with Gasteiger partial charge in [0.25, 0.3) is 5.91 Å². The number of hydrogen-bond donors (Lipinski definition) is 2. The van der Waals surface area contributed by atoms with E-state index >= 15 is 0 Å². The van der Waals surface area contributed by atoms with Gasteiger partial charge in [-0.3, -0.25) is 14.5 Å². The van der Waals surface area contributed by atoms with Crippen LogP contribution in [0.1, 0.15) is 44.7 Å². The van der Waals surface area contributed by atoms with Crippen LogP contribution in [0.2, 0.25) is 0 Å². The second-order valence-electron chi connectivity index (χ2n) is 8.19. The van der Waals surface area contributed by atoms with Gasteiger partial charge in [-0.2, -0.15) is 0 Å². The lowest BCUT2D eigenvalue weighted by Gasteiger charge is -2.36. The molecule has 7 heteroatoms. The summed E-state index contributed by atoms with van der Waals surface area (Å²) in [5.74, 6) is -1.52. The number of carbonyl (C=O) groups is 2. The van der Waals surface area contributed by atoms with E-state index in [2.05, 4.69) is 34.1 Å². The largest absolute Gasteiger partial charge is 0.366 e. The molecule has 6 nitrogen and oxygen atoms in total. The molecule has 0 aliphatic carbocycles. The third kappa shape index (κ3) is 3.25. The number of primary amides is 1. The van der Waals surface area contributed by atoms with E-state index in [1.807, 2.05) is 6.20 Å². The van der Waals surface area contributed by atoms with Gasteiger partial charge in [0.2, 0.25) is 5.91 Å². The van der Waals surface area contributed by atoms with Crippen molar-refractivity contribution in [2.24, 2.45) is 5.73 Å². The summed E-state index contributed by atoms with van der Waals surface area (Å²) < 4.78 is 13.9. The van der Waals surface area contributed by atoms with Crippen LogP contribution in [0.5, 0.6) is 0 Å². The summed E-state index contributed by atoms with van der Waals surface area (Å²) in [5.41, 5.74) is 8.58. The standard InChI is InChI=1S/C23H23FN4O2/c24-17-10-16-13-28(23(30)21(16)19(11-17)22(25)29)18-4-7-27(8-5-18)12-14-1-2-20-15(9-14)3-6-26-20/h1-3,6,9-11,18,26H,4-5,7-8,12-13H2,(H2,25,29). The number of nitrogens with two attached hydrogens (primary N) is 1. The monoisotopic (exact) mass is 406 g/mol. The predicted octanol–water partition coefficient (Wildman–Crippen LogP) is 3.03. The Labute approximate surface area is 173 Å². The van der Waals surface area contributed by atoms with E-state index in [1.165, 1.54) is 17.0 Å². The van der Waals surface area contributed by atoms with E-state index in [1.54, 1.807) is 4.90 Å². The fraction of sp³-hybridized carbons (Fsp3) is 0.304.